The maximum Gasteiger partial charge on any atom is 0.0900 e. The molecule has 86 valence electrons. The van der Waals surface area contributed by atoms with E-state index in [9.17, 15) is 0 Å². The monoisotopic (exact) mass is 226 g/mol. The van der Waals surface area contributed by atoms with Crippen LogP contribution in [0.3, 0.4) is 0 Å². The molecule has 1 rings (SSSR count). The highest BCUT2D eigenvalue weighted by atomic mass is 32.1. The van der Waals surface area contributed by atoms with Crippen molar-refractivity contribution in [2.24, 2.45) is 0 Å². The molecule has 0 bridgehead atoms. The van der Waals surface area contributed by atoms with Gasteiger partial charge >= 0.3 is 0 Å². The largest absolute Gasteiger partial charge is 0.309 e. The summed E-state index contributed by atoms with van der Waals surface area (Å²) in [6.45, 7) is 9.76. The molecule has 1 aromatic heterocycles. The van der Waals surface area contributed by atoms with Gasteiger partial charge in [0, 0.05) is 10.9 Å². The van der Waals surface area contributed by atoms with E-state index in [0.29, 0.717) is 6.04 Å². The second-order valence-electron chi connectivity index (χ2n) is 4.07. The molecule has 0 saturated carbocycles. The minimum Gasteiger partial charge on any atom is -0.309 e. The molecule has 0 aliphatic rings. The lowest BCUT2D eigenvalue weighted by Crippen LogP contribution is -2.19. The molecular weight excluding hydrogens is 204 g/mol. The van der Waals surface area contributed by atoms with Gasteiger partial charge < -0.3 is 5.32 Å². The Balaban J connectivity index is 2.39. The summed E-state index contributed by atoms with van der Waals surface area (Å²) in [5.41, 5.74) is 1.19. The maximum atomic E-state index is 4.46. The van der Waals surface area contributed by atoms with E-state index in [1.165, 1.54) is 34.8 Å². The third-order valence-electron chi connectivity index (χ3n) is 2.56. The molecule has 3 heteroatoms. The minimum absolute atomic E-state index is 0.452. The molecule has 1 atom stereocenters. The van der Waals surface area contributed by atoms with Crippen molar-refractivity contribution in [3.63, 3.8) is 0 Å². The molecule has 2 nitrogen and oxygen atoms in total. The summed E-state index contributed by atoms with van der Waals surface area (Å²) in [5.74, 6) is 0. The van der Waals surface area contributed by atoms with Crippen LogP contribution in [0.15, 0.2) is 0 Å². The Hall–Kier alpha value is -0.410. The van der Waals surface area contributed by atoms with Crippen LogP contribution in [0.5, 0.6) is 0 Å². The Bertz CT molecular complexity index is 294. The van der Waals surface area contributed by atoms with E-state index in [1.54, 1.807) is 0 Å². The number of hydrogen-bond donors (Lipinski definition) is 1. The zero-order valence-electron chi connectivity index (χ0n) is 10.3. The smallest absolute Gasteiger partial charge is 0.0900 e. The van der Waals surface area contributed by atoms with Gasteiger partial charge in [0.05, 0.1) is 10.7 Å². The van der Waals surface area contributed by atoms with Crippen LogP contribution in [0.4, 0.5) is 0 Å². The number of unbranched alkanes of at least 4 members (excludes halogenated alkanes) is 2. The van der Waals surface area contributed by atoms with Crippen molar-refractivity contribution in [2.45, 2.75) is 53.0 Å². The Morgan fingerprint density at radius 1 is 1.33 bits per heavy atom. The van der Waals surface area contributed by atoms with E-state index in [2.05, 4.69) is 38.0 Å². The average molecular weight is 226 g/mol. The highest BCUT2D eigenvalue weighted by molar-refractivity contribution is 7.11. The molecular formula is C12H22N2S. The van der Waals surface area contributed by atoms with Gasteiger partial charge in [-0.1, -0.05) is 19.8 Å². The standard InChI is InChI=1S/C12H22N2S/c1-5-6-7-8-13-9(2)12-10(3)14-11(4)15-12/h9,13H,5-8H2,1-4H3. The van der Waals surface area contributed by atoms with Crippen molar-refractivity contribution in [3.05, 3.63) is 15.6 Å². The molecule has 1 unspecified atom stereocenters. The number of aromatic nitrogens is 1. The summed E-state index contributed by atoms with van der Waals surface area (Å²) in [6, 6.07) is 0.452. The first-order valence-electron chi connectivity index (χ1n) is 5.82. The topological polar surface area (TPSA) is 24.9 Å². The van der Waals surface area contributed by atoms with Gasteiger partial charge in [-0.3, -0.25) is 0 Å². The maximum absolute atomic E-state index is 4.46. The second kappa shape index (κ2) is 6.23. The fourth-order valence-electron chi connectivity index (χ4n) is 1.74. The van der Waals surface area contributed by atoms with Crippen molar-refractivity contribution < 1.29 is 0 Å². The highest BCUT2D eigenvalue weighted by Gasteiger charge is 2.11. The number of hydrogen-bond acceptors (Lipinski definition) is 3. The number of nitrogens with zero attached hydrogens (tertiary/aromatic N) is 1. The van der Waals surface area contributed by atoms with Crippen LogP contribution in [0, 0.1) is 13.8 Å². The predicted octanol–water partition coefficient (Wildman–Crippen LogP) is 3.60. The van der Waals surface area contributed by atoms with Gasteiger partial charge in [-0.15, -0.1) is 11.3 Å². The Labute approximate surface area is 97.1 Å². The van der Waals surface area contributed by atoms with Crippen LogP contribution in [0.2, 0.25) is 0 Å². The molecule has 0 fully saturated rings. The highest BCUT2D eigenvalue weighted by Crippen LogP contribution is 2.24. The van der Waals surface area contributed by atoms with Crippen molar-refractivity contribution in [1.82, 2.24) is 10.3 Å². The van der Waals surface area contributed by atoms with Crippen molar-refractivity contribution in [2.75, 3.05) is 6.54 Å². The molecule has 0 aliphatic heterocycles. The van der Waals surface area contributed by atoms with Gasteiger partial charge in [0.2, 0.25) is 0 Å². The Morgan fingerprint density at radius 2 is 2.07 bits per heavy atom. The lowest BCUT2D eigenvalue weighted by Gasteiger charge is -2.12. The van der Waals surface area contributed by atoms with Crippen LogP contribution < -0.4 is 5.32 Å². The molecule has 0 saturated heterocycles. The van der Waals surface area contributed by atoms with E-state index < -0.39 is 0 Å². The summed E-state index contributed by atoms with van der Waals surface area (Å²) in [5, 5.41) is 4.73. The van der Waals surface area contributed by atoms with Gasteiger partial charge in [-0.05, 0) is 33.7 Å². The molecule has 0 aromatic carbocycles. The van der Waals surface area contributed by atoms with Gasteiger partial charge in [0.25, 0.3) is 0 Å². The SMILES string of the molecule is CCCCCNC(C)c1sc(C)nc1C. The summed E-state index contributed by atoms with van der Waals surface area (Å²) < 4.78 is 0. The summed E-state index contributed by atoms with van der Waals surface area (Å²) >= 11 is 1.81. The number of thiazole rings is 1. The third kappa shape index (κ3) is 3.92. The third-order valence-corrected chi connectivity index (χ3v) is 3.82. The van der Waals surface area contributed by atoms with E-state index in [1.807, 2.05) is 11.3 Å². The van der Waals surface area contributed by atoms with Crippen LogP contribution >= 0.6 is 11.3 Å². The lowest BCUT2D eigenvalue weighted by molar-refractivity contribution is 0.547. The van der Waals surface area contributed by atoms with Gasteiger partial charge in [-0.25, -0.2) is 4.98 Å². The molecule has 1 N–H and O–H groups in total. The molecule has 0 radical (unpaired) electrons. The summed E-state index contributed by atoms with van der Waals surface area (Å²) in [4.78, 5) is 5.85. The predicted molar refractivity (Wildman–Crippen MR) is 67.5 cm³/mol. The molecule has 1 aromatic rings. The number of rotatable bonds is 6. The fourth-order valence-corrected chi connectivity index (χ4v) is 2.69. The molecule has 0 spiro atoms. The Morgan fingerprint density at radius 3 is 2.60 bits per heavy atom. The first kappa shape index (κ1) is 12.7. The van der Waals surface area contributed by atoms with Crippen LogP contribution in [-0.2, 0) is 0 Å². The lowest BCUT2D eigenvalue weighted by atomic mass is 10.2. The van der Waals surface area contributed by atoms with Crippen LogP contribution in [0.1, 0.15) is 54.7 Å². The zero-order valence-corrected chi connectivity index (χ0v) is 11.1. The second-order valence-corrected chi connectivity index (χ2v) is 5.30. The molecule has 15 heavy (non-hydrogen) atoms. The first-order chi connectivity index (χ1) is 7.15. The van der Waals surface area contributed by atoms with E-state index in [4.69, 9.17) is 0 Å². The molecule has 0 amide bonds. The average Bonchev–Trinajstić information content (AvgIpc) is 2.52. The minimum atomic E-state index is 0.452. The van der Waals surface area contributed by atoms with Gasteiger partial charge in [0.15, 0.2) is 0 Å². The van der Waals surface area contributed by atoms with Crippen molar-refractivity contribution in [1.29, 1.82) is 0 Å². The fraction of sp³-hybridized carbons (Fsp3) is 0.750. The quantitative estimate of drug-likeness (QED) is 0.750. The van der Waals surface area contributed by atoms with E-state index in [0.717, 1.165) is 6.54 Å². The van der Waals surface area contributed by atoms with Crippen molar-refractivity contribution >= 4 is 11.3 Å². The van der Waals surface area contributed by atoms with Crippen LogP contribution in [-0.4, -0.2) is 11.5 Å². The zero-order chi connectivity index (χ0) is 11.3. The number of nitrogens with one attached hydrogen (secondary N) is 1. The molecule has 1 heterocycles. The van der Waals surface area contributed by atoms with Gasteiger partial charge in [-0.2, -0.15) is 0 Å². The molecule has 0 aliphatic carbocycles. The van der Waals surface area contributed by atoms with E-state index >= 15 is 0 Å². The van der Waals surface area contributed by atoms with Crippen molar-refractivity contribution in [3.8, 4) is 0 Å². The van der Waals surface area contributed by atoms with E-state index in [-0.39, 0.29) is 0 Å². The Kier molecular flexibility index (Phi) is 5.26. The summed E-state index contributed by atoms with van der Waals surface area (Å²) in [6.07, 6.45) is 3.88. The summed E-state index contributed by atoms with van der Waals surface area (Å²) in [7, 11) is 0. The van der Waals surface area contributed by atoms with Gasteiger partial charge in [0.1, 0.15) is 0 Å². The number of aryl methyl sites for hydroxylation is 2. The van der Waals surface area contributed by atoms with Crippen LogP contribution in [0.25, 0.3) is 0 Å². The normalized spacial score (nSPS) is 13.1. The first-order valence-corrected chi connectivity index (χ1v) is 6.64.